The third-order valence-corrected chi connectivity index (χ3v) is 6.71. The summed E-state index contributed by atoms with van der Waals surface area (Å²) >= 11 is 7.82. The standard InChI is InChI=1S/C28H18ClN3S/c29-20-14-16-21(17-15-20)32-26(19-8-2-1-3-9-19)18-33-28(32)31-27-22-10-4-6-12-24(22)30-25-13-7-5-11-23(25)27/h1-18H. The molecule has 6 rings (SSSR count). The van der Waals surface area contributed by atoms with E-state index in [1.54, 1.807) is 11.3 Å². The fraction of sp³-hybridized carbons (Fsp3) is 0. The maximum atomic E-state index is 6.19. The number of pyridine rings is 1. The van der Waals surface area contributed by atoms with Gasteiger partial charge in [0.05, 0.1) is 22.4 Å². The molecular weight excluding hydrogens is 446 g/mol. The van der Waals surface area contributed by atoms with Crippen LogP contribution in [0.15, 0.2) is 114 Å². The molecule has 158 valence electrons. The van der Waals surface area contributed by atoms with Crippen molar-refractivity contribution in [2.45, 2.75) is 0 Å². The highest BCUT2D eigenvalue weighted by molar-refractivity contribution is 7.07. The van der Waals surface area contributed by atoms with Gasteiger partial charge < -0.3 is 0 Å². The highest BCUT2D eigenvalue weighted by atomic mass is 35.5. The van der Waals surface area contributed by atoms with Gasteiger partial charge in [0.1, 0.15) is 0 Å². The van der Waals surface area contributed by atoms with Crippen molar-refractivity contribution in [3.05, 3.63) is 118 Å². The first kappa shape index (κ1) is 19.9. The second-order valence-corrected chi connectivity index (χ2v) is 8.96. The molecule has 0 aliphatic carbocycles. The molecule has 0 bridgehead atoms. The Morgan fingerprint density at radius 3 is 1.97 bits per heavy atom. The number of benzene rings is 4. The summed E-state index contributed by atoms with van der Waals surface area (Å²) in [7, 11) is 0. The maximum Gasteiger partial charge on any atom is 0.195 e. The van der Waals surface area contributed by atoms with Crippen molar-refractivity contribution in [1.82, 2.24) is 9.55 Å². The highest BCUT2D eigenvalue weighted by Crippen LogP contribution is 2.33. The molecule has 33 heavy (non-hydrogen) atoms. The molecule has 5 heteroatoms. The Bertz CT molecular complexity index is 1610. The lowest BCUT2D eigenvalue weighted by atomic mass is 10.1. The molecule has 0 fully saturated rings. The van der Waals surface area contributed by atoms with Crippen LogP contribution in [-0.4, -0.2) is 9.55 Å². The number of hydrogen-bond donors (Lipinski definition) is 0. The van der Waals surface area contributed by atoms with Gasteiger partial charge in [-0.25, -0.2) is 9.98 Å². The van der Waals surface area contributed by atoms with E-state index in [1.165, 1.54) is 0 Å². The summed E-state index contributed by atoms with van der Waals surface area (Å²) in [5, 5.41) is 4.94. The number of halogens is 1. The maximum absolute atomic E-state index is 6.19. The van der Waals surface area contributed by atoms with Crippen LogP contribution < -0.4 is 4.80 Å². The number of thiazole rings is 1. The zero-order valence-electron chi connectivity index (χ0n) is 17.5. The average molecular weight is 464 g/mol. The number of para-hydroxylation sites is 2. The molecule has 2 aromatic heterocycles. The molecule has 0 spiro atoms. The van der Waals surface area contributed by atoms with Gasteiger partial charge in [0, 0.05) is 26.9 Å². The van der Waals surface area contributed by atoms with Gasteiger partial charge in [0.15, 0.2) is 4.80 Å². The molecule has 0 radical (unpaired) electrons. The minimum Gasteiger partial charge on any atom is -0.285 e. The molecule has 0 aliphatic rings. The van der Waals surface area contributed by atoms with Crippen LogP contribution >= 0.6 is 22.9 Å². The lowest BCUT2D eigenvalue weighted by Gasteiger charge is -2.11. The van der Waals surface area contributed by atoms with Crippen LogP contribution in [0.4, 0.5) is 5.69 Å². The van der Waals surface area contributed by atoms with Crippen LogP contribution in [0.3, 0.4) is 0 Å². The van der Waals surface area contributed by atoms with E-state index in [2.05, 4.69) is 46.3 Å². The summed E-state index contributed by atoms with van der Waals surface area (Å²) in [5.41, 5.74) is 6.04. The minimum atomic E-state index is 0.709. The molecule has 6 aromatic rings. The quantitative estimate of drug-likeness (QED) is 0.246. The van der Waals surface area contributed by atoms with E-state index in [4.69, 9.17) is 21.6 Å². The van der Waals surface area contributed by atoms with Gasteiger partial charge in [-0.15, -0.1) is 11.3 Å². The second-order valence-electron chi connectivity index (χ2n) is 7.69. The molecule has 0 aliphatic heterocycles. The van der Waals surface area contributed by atoms with Crippen LogP contribution in [0.1, 0.15) is 0 Å². The smallest absolute Gasteiger partial charge is 0.195 e. The van der Waals surface area contributed by atoms with E-state index in [-0.39, 0.29) is 0 Å². The highest BCUT2D eigenvalue weighted by Gasteiger charge is 2.13. The third kappa shape index (κ3) is 3.63. The van der Waals surface area contributed by atoms with E-state index in [9.17, 15) is 0 Å². The van der Waals surface area contributed by atoms with Gasteiger partial charge in [-0.1, -0.05) is 78.3 Å². The monoisotopic (exact) mass is 463 g/mol. The Hall–Kier alpha value is -3.73. The molecule has 0 saturated carbocycles. The topological polar surface area (TPSA) is 30.2 Å². The van der Waals surface area contributed by atoms with E-state index in [1.807, 2.05) is 66.7 Å². The van der Waals surface area contributed by atoms with Gasteiger partial charge >= 0.3 is 0 Å². The number of nitrogens with zero attached hydrogens (tertiary/aromatic N) is 3. The first-order chi connectivity index (χ1) is 16.3. The number of fused-ring (bicyclic) bond motifs is 2. The van der Waals surface area contributed by atoms with Crippen LogP contribution in [0.2, 0.25) is 5.02 Å². The van der Waals surface area contributed by atoms with Crippen molar-refractivity contribution in [3.63, 3.8) is 0 Å². The molecular formula is C28H18ClN3S. The van der Waals surface area contributed by atoms with Crippen molar-refractivity contribution in [1.29, 1.82) is 0 Å². The largest absolute Gasteiger partial charge is 0.285 e. The van der Waals surface area contributed by atoms with E-state index >= 15 is 0 Å². The Labute approximate surface area is 199 Å². The molecule has 0 amide bonds. The number of aromatic nitrogens is 2. The molecule has 2 heterocycles. The summed E-state index contributed by atoms with van der Waals surface area (Å²) in [6, 6.07) is 34.6. The molecule has 3 nitrogen and oxygen atoms in total. The van der Waals surface area contributed by atoms with Crippen molar-refractivity contribution >= 4 is 50.4 Å². The fourth-order valence-electron chi connectivity index (χ4n) is 4.07. The summed E-state index contributed by atoms with van der Waals surface area (Å²) in [5.74, 6) is 0. The summed E-state index contributed by atoms with van der Waals surface area (Å²) in [4.78, 5) is 11.0. The fourth-order valence-corrected chi connectivity index (χ4v) is 5.11. The van der Waals surface area contributed by atoms with Gasteiger partial charge in [-0.2, -0.15) is 0 Å². The normalized spacial score (nSPS) is 12.0. The zero-order chi connectivity index (χ0) is 22.2. The predicted octanol–water partition coefficient (Wildman–Crippen LogP) is 7.79. The lowest BCUT2D eigenvalue weighted by Crippen LogP contribution is -2.13. The van der Waals surface area contributed by atoms with Crippen molar-refractivity contribution < 1.29 is 0 Å². The number of hydrogen-bond acceptors (Lipinski definition) is 3. The molecule has 0 atom stereocenters. The SMILES string of the molecule is Clc1ccc(-n2c(-c3ccccc3)csc2=Nc2c3ccccc3nc3ccccc23)cc1. The van der Waals surface area contributed by atoms with Crippen molar-refractivity contribution in [2.24, 2.45) is 4.99 Å². The number of rotatable bonds is 3. The van der Waals surface area contributed by atoms with E-state index in [0.717, 1.165) is 49.2 Å². The molecule has 4 aromatic carbocycles. The Balaban J connectivity index is 1.70. The first-order valence-corrected chi connectivity index (χ1v) is 11.9. The second kappa shape index (κ2) is 8.32. The molecule has 0 unspecified atom stereocenters. The van der Waals surface area contributed by atoms with Crippen LogP contribution in [0, 0.1) is 0 Å². The van der Waals surface area contributed by atoms with Crippen LogP contribution in [-0.2, 0) is 0 Å². The summed E-state index contributed by atoms with van der Waals surface area (Å²) in [6.45, 7) is 0. The van der Waals surface area contributed by atoms with Crippen molar-refractivity contribution in [2.75, 3.05) is 0 Å². The predicted molar refractivity (Wildman–Crippen MR) is 139 cm³/mol. The molecule has 0 saturated heterocycles. The van der Waals surface area contributed by atoms with Gasteiger partial charge in [-0.05, 0) is 42.0 Å². The van der Waals surface area contributed by atoms with Gasteiger partial charge in [0.25, 0.3) is 0 Å². The minimum absolute atomic E-state index is 0.709. The Kier molecular flexibility index (Phi) is 5.02. The van der Waals surface area contributed by atoms with Crippen LogP contribution in [0.5, 0.6) is 0 Å². The van der Waals surface area contributed by atoms with Crippen LogP contribution in [0.25, 0.3) is 38.8 Å². The Morgan fingerprint density at radius 2 is 1.30 bits per heavy atom. The third-order valence-electron chi connectivity index (χ3n) is 5.63. The summed E-state index contributed by atoms with van der Waals surface area (Å²) < 4.78 is 2.19. The molecule has 0 N–H and O–H groups in total. The zero-order valence-corrected chi connectivity index (χ0v) is 19.1. The van der Waals surface area contributed by atoms with Gasteiger partial charge in [-0.3, -0.25) is 4.57 Å². The first-order valence-electron chi connectivity index (χ1n) is 10.6. The average Bonchev–Trinajstić information content (AvgIpc) is 3.28. The summed E-state index contributed by atoms with van der Waals surface area (Å²) in [6.07, 6.45) is 0. The van der Waals surface area contributed by atoms with E-state index in [0.29, 0.717) is 5.02 Å². The van der Waals surface area contributed by atoms with Gasteiger partial charge in [0.2, 0.25) is 0 Å². The van der Waals surface area contributed by atoms with E-state index < -0.39 is 0 Å². The lowest BCUT2D eigenvalue weighted by molar-refractivity contribution is 1.01. The Morgan fingerprint density at radius 1 is 0.697 bits per heavy atom. The van der Waals surface area contributed by atoms with Crippen molar-refractivity contribution in [3.8, 4) is 16.9 Å².